The molecule has 0 aliphatic carbocycles. The Morgan fingerprint density at radius 2 is 1.62 bits per heavy atom. The lowest BCUT2D eigenvalue weighted by molar-refractivity contribution is -0.121. The molecule has 0 saturated carbocycles. The number of aromatic nitrogens is 2. The van der Waals surface area contributed by atoms with Gasteiger partial charge in [0.25, 0.3) is 0 Å². The molecule has 0 aliphatic rings. The first-order chi connectivity index (χ1) is 22.9. The summed E-state index contributed by atoms with van der Waals surface area (Å²) in [4.78, 5) is 17.9. The van der Waals surface area contributed by atoms with E-state index in [2.05, 4.69) is 70.5 Å². The predicted molar refractivity (Wildman–Crippen MR) is 195 cm³/mol. The zero-order valence-corrected chi connectivity index (χ0v) is 27.8. The first kappa shape index (κ1) is 32.1. The molecule has 0 fully saturated rings. The van der Waals surface area contributed by atoms with Crippen LogP contribution >= 0.6 is 23.2 Å². The van der Waals surface area contributed by atoms with Crippen LogP contribution in [0.15, 0.2) is 115 Å². The topological polar surface area (TPSA) is 56.2 Å². The lowest BCUT2D eigenvalue weighted by Gasteiger charge is -2.17. The van der Waals surface area contributed by atoms with E-state index in [4.69, 9.17) is 32.9 Å². The molecule has 0 spiro atoms. The molecule has 1 amide bonds. The van der Waals surface area contributed by atoms with Gasteiger partial charge in [0.1, 0.15) is 11.6 Å². The minimum Gasteiger partial charge on any atom is -0.497 e. The first-order valence-electron chi connectivity index (χ1n) is 15.6. The van der Waals surface area contributed by atoms with Gasteiger partial charge >= 0.3 is 0 Å². The molecule has 1 aromatic heterocycles. The Bertz CT molecular complexity index is 2030. The second-order valence-electron chi connectivity index (χ2n) is 11.4. The third-order valence-corrected chi connectivity index (χ3v) is 8.79. The number of benzene rings is 5. The predicted octanol–water partition coefficient (Wildman–Crippen LogP) is 10.5. The van der Waals surface area contributed by atoms with Crippen LogP contribution in [0.1, 0.15) is 42.8 Å². The molecule has 7 heteroatoms. The van der Waals surface area contributed by atoms with E-state index in [0.29, 0.717) is 29.4 Å². The van der Waals surface area contributed by atoms with E-state index in [1.165, 1.54) is 0 Å². The largest absolute Gasteiger partial charge is 0.497 e. The summed E-state index contributed by atoms with van der Waals surface area (Å²) >= 11 is 12.7. The molecule has 1 heterocycles. The number of halogens is 2. The minimum atomic E-state index is -0.102. The van der Waals surface area contributed by atoms with Crippen LogP contribution in [-0.4, -0.2) is 22.6 Å². The highest BCUT2D eigenvalue weighted by atomic mass is 35.5. The van der Waals surface area contributed by atoms with Gasteiger partial charge < -0.3 is 14.6 Å². The maximum Gasteiger partial charge on any atom is 0.220 e. The number of nitrogens with zero attached hydrogens (tertiary/aromatic N) is 2. The summed E-state index contributed by atoms with van der Waals surface area (Å²) in [5.41, 5.74) is 5.95. The van der Waals surface area contributed by atoms with Gasteiger partial charge in [-0.15, -0.1) is 0 Å². The Hall–Kier alpha value is -4.84. The number of hydrogen-bond acceptors (Lipinski definition) is 3. The summed E-state index contributed by atoms with van der Waals surface area (Å²) in [6, 6.07) is 36.2. The Morgan fingerprint density at radius 3 is 2.36 bits per heavy atom. The van der Waals surface area contributed by atoms with Crippen molar-refractivity contribution < 1.29 is 9.53 Å². The van der Waals surface area contributed by atoms with Crippen molar-refractivity contribution in [1.29, 1.82) is 0 Å². The van der Waals surface area contributed by atoms with Crippen LogP contribution in [0.2, 0.25) is 10.0 Å². The molecule has 0 aliphatic heterocycles. The van der Waals surface area contributed by atoms with Crippen molar-refractivity contribution >= 4 is 52.0 Å². The maximum atomic E-state index is 13.0. The SMILES string of the molecule is COc1ccc(-c2ccc(C=Cc3nc(-c4ccc(Cl)cc4Cl)cn3CCCC(=O)NC(C)c3cccc4ccccc34)cc2)cc1. The van der Waals surface area contributed by atoms with Crippen molar-refractivity contribution in [1.82, 2.24) is 14.9 Å². The first-order valence-corrected chi connectivity index (χ1v) is 16.4. The summed E-state index contributed by atoms with van der Waals surface area (Å²) in [6.45, 7) is 2.65. The van der Waals surface area contributed by atoms with Crippen molar-refractivity contribution in [3.63, 3.8) is 0 Å². The van der Waals surface area contributed by atoms with Crippen LogP contribution in [-0.2, 0) is 11.3 Å². The van der Waals surface area contributed by atoms with Crippen LogP contribution in [0.25, 0.3) is 45.3 Å². The summed E-state index contributed by atoms with van der Waals surface area (Å²) < 4.78 is 7.35. The molecule has 6 aromatic rings. The Morgan fingerprint density at radius 1 is 0.894 bits per heavy atom. The van der Waals surface area contributed by atoms with Crippen molar-refractivity contribution in [3.05, 3.63) is 142 Å². The number of ether oxygens (including phenoxy) is 1. The second-order valence-corrected chi connectivity index (χ2v) is 12.3. The number of carbonyl (C=O) groups excluding carboxylic acids is 1. The molecule has 0 bridgehead atoms. The number of imidazole rings is 1. The van der Waals surface area contributed by atoms with Gasteiger partial charge in [-0.1, -0.05) is 108 Å². The van der Waals surface area contributed by atoms with E-state index in [1.54, 1.807) is 13.2 Å². The zero-order chi connectivity index (χ0) is 32.8. The molecule has 5 nitrogen and oxygen atoms in total. The van der Waals surface area contributed by atoms with Gasteiger partial charge in [0.2, 0.25) is 5.91 Å². The number of nitrogens with one attached hydrogen (secondary N) is 1. The summed E-state index contributed by atoms with van der Waals surface area (Å²) in [5.74, 6) is 1.62. The highest BCUT2D eigenvalue weighted by Crippen LogP contribution is 2.31. The molecular weight excluding hydrogens is 625 g/mol. The van der Waals surface area contributed by atoms with Crippen molar-refractivity contribution in [2.24, 2.45) is 0 Å². The van der Waals surface area contributed by atoms with Gasteiger partial charge in [0.05, 0.1) is 23.9 Å². The van der Waals surface area contributed by atoms with E-state index in [1.807, 2.05) is 67.7 Å². The van der Waals surface area contributed by atoms with Crippen LogP contribution in [0.5, 0.6) is 5.75 Å². The minimum absolute atomic E-state index is 0.0144. The second kappa shape index (κ2) is 14.7. The number of hydrogen-bond donors (Lipinski definition) is 1. The standard InChI is InChI=1S/C40H35Cl2N3O2/c1-27(34-10-5-8-31-7-3-4-9-35(31)34)43-40(46)11-6-24-45-26-38(36-22-19-32(41)25-37(36)42)44-39(45)23-14-28-12-15-29(16-13-28)30-17-20-33(47-2)21-18-30/h3-5,7-10,12-23,25-27H,6,11,24H2,1-2H3,(H,43,46). The average Bonchev–Trinajstić information content (AvgIpc) is 3.49. The quantitative estimate of drug-likeness (QED) is 0.150. The summed E-state index contributed by atoms with van der Waals surface area (Å²) in [7, 11) is 1.67. The lowest BCUT2D eigenvalue weighted by Crippen LogP contribution is -2.26. The van der Waals surface area contributed by atoms with Crippen molar-refractivity contribution in [3.8, 4) is 28.1 Å². The van der Waals surface area contributed by atoms with Crippen LogP contribution in [0.3, 0.4) is 0 Å². The van der Waals surface area contributed by atoms with Crippen LogP contribution in [0.4, 0.5) is 0 Å². The van der Waals surface area contributed by atoms with E-state index < -0.39 is 0 Å². The average molecular weight is 661 g/mol. The van der Waals surface area contributed by atoms with Gasteiger partial charge in [-0.3, -0.25) is 4.79 Å². The molecule has 47 heavy (non-hydrogen) atoms. The third kappa shape index (κ3) is 7.76. The van der Waals surface area contributed by atoms with Crippen molar-refractivity contribution in [2.45, 2.75) is 32.4 Å². The van der Waals surface area contributed by atoms with Gasteiger partial charge in [-0.05, 0) is 82.8 Å². The Labute approximate surface area is 285 Å². The number of rotatable bonds is 11. The molecule has 0 radical (unpaired) electrons. The fourth-order valence-corrected chi connectivity index (χ4v) is 6.24. The lowest BCUT2D eigenvalue weighted by atomic mass is 9.99. The summed E-state index contributed by atoms with van der Waals surface area (Å²) in [5, 5.41) is 6.61. The fourth-order valence-electron chi connectivity index (χ4n) is 5.74. The maximum absolute atomic E-state index is 13.0. The Kier molecular flexibility index (Phi) is 10.1. The molecule has 236 valence electrons. The number of amides is 1. The monoisotopic (exact) mass is 659 g/mol. The van der Waals surface area contributed by atoms with Gasteiger partial charge in [0.15, 0.2) is 0 Å². The fraction of sp³-hybridized carbons (Fsp3) is 0.150. The van der Waals surface area contributed by atoms with Gasteiger partial charge in [-0.2, -0.15) is 0 Å². The Balaban J connectivity index is 1.16. The van der Waals surface area contributed by atoms with E-state index in [-0.39, 0.29) is 11.9 Å². The highest BCUT2D eigenvalue weighted by molar-refractivity contribution is 6.36. The zero-order valence-electron chi connectivity index (χ0n) is 26.3. The normalized spacial score (nSPS) is 12.0. The number of methoxy groups -OCH3 is 1. The molecule has 5 aromatic carbocycles. The van der Waals surface area contributed by atoms with Gasteiger partial charge in [-0.25, -0.2) is 4.98 Å². The smallest absolute Gasteiger partial charge is 0.220 e. The summed E-state index contributed by atoms with van der Waals surface area (Å²) in [6.07, 6.45) is 7.06. The number of aryl methyl sites for hydroxylation is 1. The highest BCUT2D eigenvalue weighted by Gasteiger charge is 2.14. The van der Waals surface area contributed by atoms with E-state index >= 15 is 0 Å². The molecular formula is C40H35Cl2N3O2. The van der Waals surface area contributed by atoms with Crippen LogP contribution in [0, 0.1) is 0 Å². The van der Waals surface area contributed by atoms with Crippen molar-refractivity contribution in [2.75, 3.05) is 7.11 Å². The van der Waals surface area contributed by atoms with E-state index in [9.17, 15) is 4.79 Å². The molecule has 1 unspecified atom stereocenters. The van der Waals surface area contributed by atoms with E-state index in [0.717, 1.165) is 55.9 Å². The molecule has 1 atom stereocenters. The number of fused-ring (bicyclic) bond motifs is 1. The van der Waals surface area contributed by atoms with Gasteiger partial charge in [0, 0.05) is 29.7 Å². The number of carbonyl (C=O) groups is 1. The molecule has 1 N–H and O–H groups in total. The third-order valence-electron chi connectivity index (χ3n) is 8.24. The molecule has 6 rings (SSSR count). The molecule has 0 saturated heterocycles. The van der Waals surface area contributed by atoms with Crippen LogP contribution < -0.4 is 10.1 Å².